The Balaban J connectivity index is 1.78. The van der Waals surface area contributed by atoms with Crippen LogP contribution in [0.25, 0.3) is 10.8 Å². The zero-order valence-corrected chi connectivity index (χ0v) is 11.9. The number of nitrogens with one attached hydrogen (secondary N) is 1. The molecule has 0 fully saturated rings. The topological polar surface area (TPSA) is 74.8 Å². The minimum Gasteiger partial charge on any atom is -0.507 e. The average Bonchev–Trinajstić information content (AvgIpc) is 2.96. The van der Waals surface area contributed by atoms with Crippen LogP contribution in [0.3, 0.4) is 0 Å². The molecule has 5 heteroatoms. The molecule has 110 valence electrons. The number of nitrogens with zero attached hydrogens (tertiary/aromatic N) is 1. The molecule has 1 heterocycles. The summed E-state index contributed by atoms with van der Waals surface area (Å²) < 4.78 is 5.19. The molecule has 0 radical (unpaired) electrons. The number of hydrazone groups is 1. The van der Waals surface area contributed by atoms with Gasteiger partial charge >= 0.3 is 5.91 Å². The number of hydrogen-bond donors (Lipinski definition) is 2. The molecule has 0 aliphatic heterocycles. The number of aromatic hydroxyl groups is 1. The van der Waals surface area contributed by atoms with Gasteiger partial charge < -0.3 is 9.52 Å². The predicted molar refractivity (Wildman–Crippen MR) is 84.1 cm³/mol. The number of hydrogen-bond acceptors (Lipinski definition) is 4. The summed E-state index contributed by atoms with van der Waals surface area (Å²) in [6.07, 6.45) is 1.40. The zero-order valence-electron chi connectivity index (χ0n) is 11.9. The van der Waals surface area contributed by atoms with Crippen molar-refractivity contribution in [1.29, 1.82) is 0 Å². The minimum absolute atomic E-state index is 0.130. The maximum Gasteiger partial charge on any atom is 0.307 e. The van der Waals surface area contributed by atoms with Gasteiger partial charge in [0.05, 0.1) is 6.21 Å². The molecule has 0 bridgehead atoms. The molecule has 3 aromatic rings. The lowest BCUT2D eigenvalue weighted by molar-refractivity contribution is 0.0926. The van der Waals surface area contributed by atoms with E-state index in [0.717, 1.165) is 10.8 Å². The van der Waals surface area contributed by atoms with Crippen molar-refractivity contribution in [3.63, 3.8) is 0 Å². The lowest BCUT2D eigenvalue weighted by Gasteiger charge is -2.04. The number of amides is 1. The van der Waals surface area contributed by atoms with Crippen molar-refractivity contribution in [3.8, 4) is 5.75 Å². The molecular formula is C17H14N2O3. The highest BCUT2D eigenvalue weighted by Gasteiger charge is 2.08. The van der Waals surface area contributed by atoms with E-state index in [0.29, 0.717) is 11.3 Å². The number of phenolic OH excluding ortho intramolecular Hbond substituents is 1. The maximum atomic E-state index is 11.8. The molecule has 1 aromatic heterocycles. The molecule has 0 atom stereocenters. The average molecular weight is 294 g/mol. The number of carbonyl (C=O) groups is 1. The van der Waals surface area contributed by atoms with Crippen molar-refractivity contribution in [2.24, 2.45) is 5.10 Å². The van der Waals surface area contributed by atoms with Crippen molar-refractivity contribution in [2.75, 3.05) is 0 Å². The number of carbonyl (C=O) groups excluding carboxylic acids is 1. The smallest absolute Gasteiger partial charge is 0.307 e. The standard InChI is InChI=1S/C17H14N2O3/c1-11-6-9-15(22-11)17(21)19-18-10-13-8-7-12-4-2-3-5-14(12)16(13)20/h2-10,20H,1H3,(H,19,21)/b18-10+. The van der Waals surface area contributed by atoms with E-state index in [2.05, 4.69) is 10.5 Å². The van der Waals surface area contributed by atoms with E-state index in [4.69, 9.17) is 4.42 Å². The molecule has 1 amide bonds. The molecular weight excluding hydrogens is 280 g/mol. The van der Waals surface area contributed by atoms with E-state index < -0.39 is 5.91 Å². The largest absolute Gasteiger partial charge is 0.507 e. The van der Waals surface area contributed by atoms with Gasteiger partial charge in [-0.3, -0.25) is 4.79 Å². The van der Waals surface area contributed by atoms with Crippen LogP contribution in [0.1, 0.15) is 21.9 Å². The van der Waals surface area contributed by atoms with Gasteiger partial charge in [-0.15, -0.1) is 0 Å². The first kappa shape index (κ1) is 13.9. The van der Waals surface area contributed by atoms with Crippen LogP contribution < -0.4 is 5.43 Å². The van der Waals surface area contributed by atoms with E-state index in [9.17, 15) is 9.90 Å². The Hall–Kier alpha value is -3.08. The summed E-state index contributed by atoms with van der Waals surface area (Å²) in [7, 11) is 0. The number of fused-ring (bicyclic) bond motifs is 1. The third-order valence-electron chi connectivity index (χ3n) is 3.27. The summed E-state index contributed by atoms with van der Waals surface area (Å²) in [5.74, 6) is 0.535. The number of phenols is 1. The highest BCUT2D eigenvalue weighted by Crippen LogP contribution is 2.27. The molecule has 0 spiro atoms. The second-order valence-electron chi connectivity index (χ2n) is 4.83. The SMILES string of the molecule is Cc1ccc(C(=O)N/N=C/c2ccc3ccccc3c2O)o1. The molecule has 0 saturated carbocycles. The second-order valence-corrected chi connectivity index (χ2v) is 4.83. The quantitative estimate of drug-likeness (QED) is 0.575. The summed E-state index contributed by atoms with van der Waals surface area (Å²) in [5, 5.41) is 15.7. The van der Waals surface area contributed by atoms with Crippen LogP contribution >= 0.6 is 0 Å². The van der Waals surface area contributed by atoms with Crippen LogP contribution in [-0.4, -0.2) is 17.2 Å². The number of furan rings is 1. The van der Waals surface area contributed by atoms with Gasteiger partial charge in [-0.05, 0) is 30.5 Å². The molecule has 22 heavy (non-hydrogen) atoms. The molecule has 0 unspecified atom stereocenters. The van der Waals surface area contributed by atoms with Gasteiger partial charge in [-0.2, -0.15) is 5.10 Å². The van der Waals surface area contributed by atoms with Gasteiger partial charge in [-0.25, -0.2) is 5.43 Å². The summed E-state index contributed by atoms with van der Waals surface area (Å²) in [6.45, 7) is 1.76. The van der Waals surface area contributed by atoms with E-state index in [1.165, 1.54) is 6.21 Å². The molecule has 3 rings (SSSR count). The van der Waals surface area contributed by atoms with Crippen LogP contribution in [0, 0.1) is 6.92 Å². The van der Waals surface area contributed by atoms with Gasteiger partial charge in [0, 0.05) is 10.9 Å². The summed E-state index contributed by atoms with van der Waals surface area (Å²) in [4.78, 5) is 11.8. The van der Waals surface area contributed by atoms with Crippen LogP contribution in [0.4, 0.5) is 0 Å². The first-order valence-electron chi connectivity index (χ1n) is 6.76. The fourth-order valence-corrected chi connectivity index (χ4v) is 2.15. The van der Waals surface area contributed by atoms with E-state index in [-0.39, 0.29) is 11.5 Å². The second kappa shape index (κ2) is 5.73. The Morgan fingerprint density at radius 1 is 1.18 bits per heavy atom. The molecule has 0 aliphatic carbocycles. The van der Waals surface area contributed by atoms with Crippen molar-refractivity contribution >= 4 is 22.9 Å². The first-order valence-corrected chi connectivity index (χ1v) is 6.76. The van der Waals surface area contributed by atoms with Gasteiger partial charge in [0.15, 0.2) is 5.76 Å². The summed E-state index contributed by atoms with van der Waals surface area (Å²) in [5.41, 5.74) is 2.88. The number of benzene rings is 2. The molecule has 0 saturated heterocycles. The molecule has 5 nitrogen and oxygen atoms in total. The fraction of sp³-hybridized carbons (Fsp3) is 0.0588. The zero-order chi connectivity index (χ0) is 15.5. The summed E-state index contributed by atoms with van der Waals surface area (Å²) in [6, 6.07) is 14.4. The monoisotopic (exact) mass is 294 g/mol. The van der Waals surface area contributed by atoms with Gasteiger partial charge in [0.1, 0.15) is 11.5 Å². The highest BCUT2D eigenvalue weighted by atomic mass is 16.3. The normalized spacial score (nSPS) is 11.1. The van der Waals surface area contributed by atoms with Crippen LogP contribution in [-0.2, 0) is 0 Å². The minimum atomic E-state index is -0.440. The van der Waals surface area contributed by atoms with E-state index in [1.807, 2.05) is 30.3 Å². The van der Waals surface area contributed by atoms with Gasteiger partial charge in [0.25, 0.3) is 0 Å². The molecule has 2 aromatic carbocycles. The van der Waals surface area contributed by atoms with E-state index in [1.54, 1.807) is 25.1 Å². The fourth-order valence-electron chi connectivity index (χ4n) is 2.15. The Morgan fingerprint density at radius 3 is 2.77 bits per heavy atom. The van der Waals surface area contributed by atoms with Crippen molar-refractivity contribution in [2.45, 2.75) is 6.92 Å². The van der Waals surface area contributed by atoms with Crippen molar-refractivity contribution in [3.05, 3.63) is 65.6 Å². The van der Waals surface area contributed by atoms with Crippen LogP contribution in [0.5, 0.6) is 5.75 Å². The molecule has 2 N–H and O–H groups in total. The van der Waals surface area contributed by atoms with E-state index >= 15 is 0 Å². The molecule has 0 aliphatic rings. The highest BCUT2D eigenvalue weighted by molar-refractivity contribution is 5.98. The Bertz CT molecular complexity index is 865. The number of aryl methyl sites for hydroxylation is 1. The Labute approximate surface area is 126 Å². The Kier molecular flexibility index (Phi) is 3.62. The van der Waals surface area contributed by atoms with Crippen LogP contribution in [0.2, 0.25) is 0 Å². The number of rotatable bonds is 3. The van der Waals surface area contributed by atoms with Gasteiger partial charge in [-0.1, -0.05) is 30.3 Å². The lowest BCUT2D eigenvalue weighted by Crippen LogP contribution is -2.16. The predicted octanol–water partition coefficient (Wildman–Crippen LogP) is 3.21. The lowest BCUT2D eigenvalue weighted by atomic mass is 10.1. The van der Waals surface area contributed by atoms with Gasteiger partial charge in [0.2, 0.25) is 0 Å². The Morgan fingerprint density at radius 2 is 2.00 bits per heavy atom. The van der Waals surface area contributed by atoms with Crippen molar-refractivity contribution in [1.82, 2.24) is 5.43 Å². The van der Waals surface area contributed by atoms with Crippen molar-refractivity contribution < 1.29 is 14.3 Å². The third kappa shape index (κ3) is 2.69. The first-order chi connectivity index (χ1) is 10.6. The third-order valence-corrected chi connectivity index (χ3v) is 3.27. The maximum absolute atomic E-state index is 11.8. The summed E-state index contributed by atoms with van der Waals surface area (Å²) >= 11 is 0. The van der Waals surface area contributed by atoms with Crippen LogP contribution in [0.15, 0.2) is 58.0 Å².